The molecule has 11 nitrogen and oxygen atoms in total. The van der Waals surface area contributed by atoms with E-state index in [-0.39, 0.29) is 27.3 Å². The summed E-state index contributed by atoms with van der Waals surface area (Å²) in [7, 11) is -0.213. The molecule has 184 valence electrons. The molecule has 0 saturated carbocycles. The van der Waals surface area contributed by atoms with E-state index in [0.29, 0.717) is 50.7 Å². The smallest absolute Gasteiger partial charge is 0.299 e. The van der Waals surface area contributed by atoms with Crippen LogP contribution in [0.15, 0.2) is 27.9 Å². The Bertz CT molecular complexity index is 1370. The summed E-state index contributed by atoms with van der Waals surface area (Å²) in [4.78, 5) is 19.1. The van der Waals surface area contributed by atoms with E-state index >= 15 is 0 Å². The van der Waals surface area contributed by atoms with Crippen LogP contribution >= 0.6 is 0 Å². The number of ether oxygens (including phenoxy) is 1. The number of benzene rings is 1. The number of aromatic nitrogens is 4. The van der Waals surface area contributed by atoms with Gasteiger partial charge < -0.3 is 14.8 Å². The van der Waals surface area contributed by atoms with Gasteiger partial charge in [0, 0.05) is 33.2 Å². The lowest BCUT2D eigenvalue weighted by molar-refractivity contribution is 0.198. The molecule has 1 aliphatic rings. The van der Waals surface area contributed by atoms with E-state index in [2.05, 4.69) is 15.0 Å². The zero-order valence-electron chi connectivity index (χ0n) is 19.9. The highest BCUT2D eigenvalue weighted by Gasteiger charge is 2.29. The van der Waals surface area contributed by atoms with Gasteiger partial charge >= 0.3 is 0 Å². The highest BCUT2D eigenvalue weighted by molar-refractivity contribution is 7.89. The van der Waals surface area contributed by atoms with Gasteiger partial charge in [0.2, 0.25) is 10.0 Å². The summed E-state index contributed by atoms with van der Waals surface area (Å²) in [6.45, 7) is 6.11. The van der Waals surface area contributed by atoms with Crippen LogP contribution in [-0.2, 0) is 23.5 Å². The fourth-order valence-electron chi connectivity index (χ4n) is 4.22. The maximum absolute atomic E-state index is 13.4. The van der Waals surface area contributed by atoms with Crippen LogP contribution in [0.25, 0.3) is 22.4 Å². The highest BCUT2D eigenvalue weighted by atomic mass is 32.2. The van der Waals surface area contributed by atoms with Crippen molar-refractivity contribution in [1.82, 2.24) is 28.7 Å². The summed E-state index contributed by atoms with van der Waals surface area (Å²) in [6.07, 6.45) is 1.32. The average Bonchev–Trinajstić information content (AvgIpc) is 3.14. The molecule has 4 rings (SSSR count). The van der Waals surface area contributed by atoms with E-state index in [0.717, 1.165) is 11.2 Å². The van der Waals surface area contributed by atoms with Gasteiger partial charge in [-0.2, -0.15) is 19.1 Å². The van der Waals surface area contributed by atoms with Gasteiger partial charge in [0.1, 0.15) is 11.3 Å². The number of sulfonamides is 1. The Labute approximate surface area is 198 Å². The summed E-state index contributed by atoms with van der Waals surface area (Å²) in [5.74, 6) is 0.219. The largest absolute Gasteiger partial charge is 0.493 e. The Morgan fingerprint density at radius 2 is 1.79 bits per heavy atom. The number of piperazine rings is 1. The minimum absolute atomic E-state index is 0.0461. The van der Waals surface area contributed by atoms with Crippen molar-refractivity contribution >= 4 is 21.1 Å². The molecule has 1 aromatic carbocycles. The second-order valence-electron chi connectivity index (χ2n) is 8.37. The Balaban J connectivity index is 1.91. The third-order valence-corrected chi connectivity index (χ3v) is 7.89. The number of aryl methyl sites for hydroxylation is 2. The van der Waals surface area contributed by atoms with Gasteiger partial charge in [0.25, 0.3) is 5.56 Å². The Morgan fingerprint density at radius 3 is 2.44 bits per heavy atom. The highest BCUT2D eigenvalue weighted by Crippen LogP contribution is 2.33. The zero-order chi connectivity index (χ0) is 24.6. The van der Waals surface area contributed by atoms with E-state index < -0.39 is 15.6 Å². The third-order valence-electron chi connectivity index (χ3n) is 5.99. The van der Waals surface area contributed by atoms with Gasteiger partial charge in [-0.15, -0.1) is 0 Å². The molecule has 0 amide bonds. The van der Waals surface area contributed by atoms with Gasteiger partial charge in [-0.25, -0.2) is 8.42 Å². The molecular weight excluding hydrogens is 460 g/mol. The Morgan fingerprint density at radius 1 is 1.09 bits per heavy atom. The summed E-state index contributed by atoms with van der Waals surface area (Å²) < 4.78 is 36.1. The van der Waals surface area contributed by atoms with Gasteiger partial charge in [0.05, 0.1) is 22.8 Å². The minimum Gasteiger partial charge on any atom is -0.493 e. The fraction of sp³-hybridized carbons (Fsp3) is 0.500. The summed E-state index contributed by atoms with van der Waals surface area (Å²) in [5.41, 5.74) is 0.637. The van der Waals surface area contributed by atoms with Crippen molar-refractivity contribution < 1.29 is 18.4 Å². The predicted octanol–water partition coefficient (Wildman–Crippen LogP) is 1.32. The number of likely N-dealkylation sites (N-methyl/N-ethyl adjacent to an activating group) is 1. The lowest BCUT2D eigenvalue weighted by Gasteiger charge is -2.31. The molecule has 1 fully saturated rings. The van der Waals surface area contributed by atoms with E-state index in [4.69, 9.17) is 4.74 Å². The first-order valence-electron chi connectivity index (χ1n) is 11.3. The number of hydrogen-bond donors (Lipinski definition) is 1. The monoisotopic (exact) mass is 490 g/mol. The maximum atomic E-state index is 13.4. The molecule has 0 atom stereocenters. The van der Waals surface area contributed by atoms with Gasteiger partial charge in [-0.1, -0.05) is 13.3 Å². The van der Waals surface area contributed by atoms with Crippen molar-refractivity contribution in [3.05, 3.63) is 34.2 Å². The third kappa shape index (κ3) is 4.17. The number of fused-ring (bicyclic) bond motifs is 1. The molecule has 0 aliphatic carbocycles. The molecule has 1 saturated heterocycles. The van der Waals surface area contributed by atoms with Crippen LogP contribution in [0.3, 0.4) is 0 Å². The van der Waals surface area contributed by atoms with Crippen LogP contribution in [0.1, 0.15) is 26.0 Å². The lowest BCUT2D eigenvalue weighted by Crippen LogP contribution is -2.47. The second kappa shape index (κ2) is 9.35. The topological polar surface area (TPSA) is 123 Å². The van der Waals surface area contributed by atoms with E-state index in [9.17, 15) is 18.4 Å². The normalized spacial score (nSPS) is 15.8. The van der Waals surface area contributed by atoms with Crippen LogP contribution in [0.5, 0.6) is 5.75 Å². The lowest BCUT2D eigenvalue weighted by atomic mass is 10.1. The number of rotatable bonds is 7. The quantitative estimate of drug-likeness (QED) is 0.492. The first kappa shape index (κ1) is 24.2. The van der Waals surface area contributed by atoms with Crippen molar-refractivity contribution in [3.63, 3.8) is 0 Å². The van der Waals surface area contributed by atoms with Gasteiger partial charge in [-0.3, -0.25) is 9.48 Å². The first-order valence-corrected chi connectivity index (χ1v) is 12.8. The minimum atomic E-state index is -3.79. The van der Waals surface area contributed by atoms with Crippen LogP contribution in [0.4, 0.5) is 0 Å². The van der Waals surface area contributed by atoms with E-state index in [1.807, 2.05) is 14.0 Å². The molecule has 0 bridgehead atoms. The molecule has 1 N–H and O–H groups in total. The van der Waals surface area contributed by atoms with Crippen molar-refractivity contribution in [2.45, 2.75) is 31.6 Å². The second-order valence-corrected chi connectivity index (χ2v) is 10.3. The SMILES string of the molecule is CCCc1nn(C)c2c(=O)nc(-c3cc(S(=O)(=O)N4CCN(C)CC4)ccc3OCC)n(O)c12. The molecule has 0 unspecified atom stereocenters. The van der Waals surface area contributed by atoms with Gasteiger partial charge in [0.15, 0.2) is 11.3 Å². The van der Waals surface area contributed by atoms with Crippen molar-refractivity contribution in [2.24, 2.45) is 7.05 Å². The van der Waals surface area contributed by atoms with Crippen LogP contribution in [0, 0.1) is 0 Å². The Hall–Kier alpha value is -2.96. The Kier molecular flexibility index (Phi) is 6.65. The predicted molar refractivity (Wildman–Crippen MR) is 127 cm³/mol. The fourth-order valence-corrected chi connectivity index (χ4v) is 5.66. The number of nitrogens with zero attached hydrogens (tertiary/aromatic N) is 6. The van der Waals surface area contributed by atoms with Crippen molar-refractivity contribution in [2.75, 3.05) is 39.8 Å². The summed E-state index contributed by atoms with van der Waals surface area (Å²) in [6, 6.07) is 4.43. The molecule has 34 heavy (non-hydrogen) atoms. The molecule has 1 aliphatic heterocycles. The van der Waals surface area contributed by atoms with Gasteiger partial charge in [-0.05, 0) is 38.6 Å². The van der Waals surface area contributed by atoms with Crippen LogP contribution in [0.2, 0.25) is 0 Å². The number of hydrogen-bond acceptors (Lipinski definition) is 8. The van der Waals surface area contributed by atoms with E-state index in [1.54, 1.807) is 14.0 Å². The molecule has 2 aromatic heterocycles. The maximum Gasteiger partial charge on any atom is 0.299 e. The molecule has 0 radical (unpaired) electrons. The van der Waals surface area contributed by atoms with Crippen molar-refractivity contribution in [3.8, 4) is 17.1 Å². The molecule has 12 heteroatoms. The summed E-state index contributed by atoms with van der Waals surface area (Å²) in [5, 5.41) is 15.5. The molecule has 3 heterocycles. The molecule has 3 aromatic rings. The average molecular weight is 491 g/mol. The standard InChI is InChI=1S/C22H30N6O5S/c1-5-7-17-19-20(26(4)24-17)22(29)23-21(28(19)30)16-14-15(8-9-18(16)33-6-2)34(31,32)27-12-10-25(3)11-13-27/h8-9,14,30H,5-7,10-13H2,1-4H3. The van der Waals surface area contributed by atoms with Crippen LogP contribution < -0.4 is 10.3 Å². The van der Waals surface area contributed by atoms with Crippen LogP contribution in [-0.4, -0.2) is 82.2 Å². The molecule has 0 spiro atoms. The zero-order valence-corrected chi connectivity index (χ0v) is 20.7. The first-order chi connectivity index (χ1) is 16.2. The summed E-state index contributed by atoms with van der Waals surface area (Å²) >= 11 is 0. The van der Waals surface area contributed by atoms with E-state index in [1.165, 1.54) is 27.2 Å². The molecular formula is C22H30N6O5S. The van der Waals surface area contributed by atoms with Crippen molar-refractivity contribution in [1.29, 1.82) is 0 Å².